The highest BCUT2D eigenvalue weighted by Gasteiger charge is 2.35. The third-order valence-corrected chi connectivity index (χ3v) is 9.74. The summed E-state index contributed by atoms with van der Waals surface area (Å²) >= 11 is 0. The molecule has 4 nitrogen and oxygen atoms in total. The SMILES string of the molecule is O=S(=O)(Cc1ccccn1)N(PC1CC1)PC1CC1. The van der Waals surface area contributed by atoms with Gasteiger partial charge < -0.3 is 0 Å². The van der Waals surface area contributed by atoms with E-state index in [4.69, 9.17) is 0 Å². The Morgan fingerprint density at radius 1 is 1.16 bits per heavy atom. The van der Waals surface area contributed by atoms with Crippen LogP contribution in [0.25, 0.3) is 0 Å². The smallest absolute Gasteiger partial charge is 0.226 e. The fourth-order valence-corrected chi connectivity index (χ4v) is 7.84. The first-order valence-electron chi connectivity index (χ1n) is 6.59. The summed E-state index contributed by atoms with van der Waals surface area (Å²) in [6.45, 7) is 0. The molecule has 2 unspecified atom stereocenters. The van der Waals surface area contributed by atoms with Crippen molar-refractivity contribution in [1.29, 1.82) is 0 Å². The first kappa shape index (κ1) is 13.9. The molecule has 7 heteroatoms. The van der Waals surface area contributed by atoms with Crippen LogP contribution >= 0.6 is 17.5 Å². The van der Waals surface area contributed by atoms with Gasteiger partial charge in [0.25, 0.3) is 0 Å². The van der Waals surface area contributed by atoms with Gasteiger partial charge in [-0.25, -0.2) is 8.42 Å². The van der Waals surface area contributed by atoms with Crippen LogP contribution in [0.3, 0.4) is 0 Å². The van der Waals surface area contributed by atoms with Crippen LogP contribution in [0.4, 0.5) is 0 Å². The van der Waals surface area contributed by atoms with Gasteiger partial charge in [-0.1, -0.05) is 6.07 Å². The molecule has 0 aliphatic heterocycles. The van der Waals surface area contributed by atoms with Crippen LogP contribution in [0, 0.1) is 0 Å². The Hall–Kier alpha value is -0.0800. The number of hydrogen-bond donors (Lipinski definition) is 0. The molecule has 0 bridgehead atoms. The van der Waals surface area contributed by atoms with Crippen molar-refractivity contribution >= 4 is 27.5 Å². The van der Waals surface area contributed by atoms with E-state index in [-0.39, 0.29) is 5.75 Å². The number of pyridine rings is 1. The molecule has 104 valence electrons. The maximum absolute atomic E-state index is 12.5. The summed E-state index contributed by atoms with van der Waals surface area (Å²) in [7, 11) is -2.28. The molecule has 2 aliphatic carbocycles. The standard InChI is InChI=1S/C12H18N2O2P2S/c15-19(16,9-10-3-1-2-8-13-10)14(17-11-4-5-11)18-12-6-7-12/h1-3,8,11-12,17-18H,4-7,9H2. The van der Waals surface area contributed by atoms with E-state index in [1.165, 1.54) is 25.7 Å². The average Bonchev–Trinajstić information content (AvgIpc) is 3.24. The maximum Gasteiger partial charge on any atom is 0.226 e. The van der Waals surface area contributed by atoms with Crippen molar-refractivity contribution in [3.8, 4) is 0 Å². The first-order valence-corrected chi connectivity index (χ1v) is 10.2. The van der Waals surface area contributed by atoms with Crippen molar-refractivity contribution < 1.29 is 8.42 Å². The van der Waals surface area contributed by atoms with E-state index in [0.717, 1.165) is 0 Å². The zero-order valence-corrected chi connectivity index (χ0v) is 13.4. The van der Waals surface area contributed by atoms with Crippen molar-refractivity contribution in [3.05, 3.63) is 30.1 Å². The molecule has 0 spiro atoms. The number of nitrogens with zero attached hydrogens (tertiary/aromatic N) is 2. The number of hydrogen-bond acceptors (Lipinski definition) is 3. The molecule has 0 aromatic carbocycles. The Bertz CT molecular complexity index is 516. The van der Waals surface area contributed by atoms with Crippen LogP contribution in [0.15, 0.2) is 24.4 Å². The Balaban J connectivity index is 1.70. The molecule has 1 heterocycles. The predicted octanol–water partition coefficient (Wildman–Crippen LogP) is 2.73. The van der Waals surface area contributed by atoms with E-state index in [9.17, 15) is 8.42 Å². The summed E-state index contributed by atoms with van der Waals surface area (Å²) in [5.74, 6) is 0.0489. The second kappa shape index (κ2) is 5.73. The van der Waals surface area contributed by atoms with Crippen molar-refractivity contribution in [1.82, 2.24) is 8.83 Å². The van der Waals surface area contributed by atoms with Crippen LogP contribution < -0.4 is 0 Å². The van der Waals surface area contributed by atoms with Crippen LogP contribution in [-0.4, -0.2) is 28.6 Å². The molecule has 2 fully saturated rings. The van der Waals surface area contributed by atoms with E-state index < -0.39 is 10.0 Å². The molecule has 1 aromatic heterocycles. The van der Waals surface area contributed by atoms with Gasteiger partial charge >= 0.3 is 0 Å². The summed E-state index contributed by atoms with van der Waals surface area (Å²) < 4.78 is 26.8. The lowest BCUT2D eigenvalue weighted by Crippen LogP contribution is -2.19. The van der Waals surface area contributed by atoms with Gasteiger partial charge in [-0.15, -0.1) is 0 Å². The van der Waals surface area contributed by atoms with Crippen molar-refractivity contribution in [2.45, 2.75) is 42.8 Å². The van der Waals surface area contributed by atoms with Crippen LogP contribution in [-0.2, 0) is 15.8 Å². The van der Waals surface area contributed by atoms with Crippen LogP contribution in [0.5, 0.6) is 0 Å². The molecule has 1 aromatic rings. The van der Waals surface area contributed by atoms with E-state index in [1.807, 2.05) is 12.1 Å². The van der Waals surface area contributed by atoms with E-state index >= 15 is 0 Å². The van der Waals surface area contributed by atoms with E-state index in [0.29, 0.717) is 34.5 Å². The molecule has 0 amide bonds. The second-order valence-corrected chi connectivity index (χ2v) is 11.1. The van der Waals surface area contributed by atoms with Gasteiger partial charge in [0, 0.05) is 6.20 Å². The summed E-state index contributed by atoms with van der Waals surface area (Å²) in [4.78, 5) is 4.14. The normalized spacial score (nSPS) is 21.1. The first-order chi connectivity index (χ1) is 9.13. The molecule has 19 heavy (non-hydrogen) atoms. The molecule has 2 aliphatic rings. The number of sulfonamides is 1. The number of aromatic nitrogens is 1. The fourth-order valence-electron chi connectivity index (χ4n) is 1.69. The Morgan fingerprint density at radius 3 is 2.26 bits per heavy atom. The molecule has 2 saturated carbocycles. The van der Waals surface area contributed by atoms with Crippen LogP contribution in [0.2, 0.25) is 0 Å². The molecular formula is C12H18N2O2P2S. The van der Waals surface area contributed by atoms with Gasteiger partial charge in [-0.05, 0) is 66.6 Å². The van der Waals surface area contributed by atoms with Crippen molar-refractivity contribution in [2.75, 3.05) is 0 Å². The predicted molar refractivity (Wildman–Crippen MR) is 81.4 cm³/mol. The molecule has 0 radical (unpaired) electrons. The minimum Gasteiger partial charge on any atom is -0.260 e. The molecule has 2 atom stereocenters. The van der Waals surface area contributed by atoms with E-state index in [2.05, 4.69) is 4.98 Å². The van der Waals surface area contributed by atoms with E-state index in [1.54, 1.807) is 16.1 Å². The van der Waals surface area contributed by atoms with Gasteiger partial charge in [0.15, 0.2) is 0 Å². The van der Waals surface area contributed by atoms with Gasteiger partial charge in [-0.3, -0.25) is 4.98 Å². The zero-order chi connectivity index (χ0) is 13.3. The quantitative estimate of drug-likeness (QED) is 0.727. The molecular weight excluding hydrogens is 298 g/mol. The zero-order valence-electron chi connectivity index (χ0n) is 10.6. The lowest BCUT2D eigenvalue weighted by atomic mass is 10.4. The van der Waals surface area contributed by atoms with Gasteiger partial charge in [-0.2, -0.15) is 3.85 Å². The van der Waals surface area contributed by atoms with Gasteiger partial charge in [0.1, 0.15) is 5.75 Å². The largest absolute Gasteiger partial charge is 0.260 e. The summed E-state index contributed by atoms with van der Waals surface area (Å²) in [5, 5.41) is 0. The van der Waals surface area contributed by atoms with Crippen molar-refractivity contribution in [2.24, 2.45) is 0 Å². The molecule has 0 N–H and O–H groups in total. The lowest BCUT2D eigenvalue weighted by molar-refractivity contribution is 0.579. The van der Waals surface area contributed by atoms with Gasteiger partial charge in [0.05, 0.1) is 5.69 Å². The minimum atomic E-state index is -3.19. The highest BCUT2D eigenvalue weighted by atomic mass is 32.2. The topological polar surface area (TPSA) is 50.3 Å². The molecule has 3 rings (SSSR count). The maximum atomic E-state index is 12.5. The minimum absolute atomic E-state index is 0.0489. The fraction of sp³-hybridized carbons (Fsp3) is 0.583. The summed E-state index contributed by atoms with van der Waals surface area (Å²) in [5.41, 5.74) is 1.91. The summed E-state index contributed by atoms with van der Waals surface area (Å²) in [6.07, 6.45) is 6.44. The highest BCUT2D eigenvalue weighted by molar-refractivity contribution is 7.97. The number of rotatable bonds is 7. The Morgan fingerprint density at radius 2 is 1.79 bits per heavy atom. The third kappa shape index (κ3) is 4.19. The second-order valence-electron chi connectivity index (χ2n) is 5.15. The Labute approximate surface area is 118 Å². The highest BCUT2D eigenvalue weighted by Crippen LogP contribution is 2.54. The Kier molecular flexibility index (Phi) is 4.19. The van der Waals surface area contributed by atoms with Crippen LogP contribution in [0.1, 0.15) is 31.4 Å². The summed E-state index contributed by atoms with van der Waals surface area (Å²) in [6, 6.07) is 5.44. The van der Waals surface area contributed by atoms with Crippen molar-refractivity contribution in [3.63, 3.8) is 0 Å². The lowest BCUT2D eigenvalue weighted by Gasteiger charge is -2.21. The van der Waals surface area contributed by atoms with Gasteiger partial charge in [0.2, 0.25) is 10.0 Å². The monoisotopic (exact) mass is 316 g/mol. The molecule has 0 saturated heterocycles. The average molecular weight is 316 g/mol. The third-order valence-electron chi connectivity index (χ3n) is 3.09.